The van der Waals surface area contributed by atoms with Gasteiger partial charge >= 0.3 is 12.1 Å². The highest BCUT2D eigenvalue weighted by molar-refractivity contribution is 5.95. The topological polar surface area (TPSA) is 79.1 Å². The van der Waals surface area contributed by atoms with Crippen molar-refractivity contribution in [2.45, 2.75) is 6.18 Å². The summed E-state index contributed by atoms with van der Waals surface area (Å²) in [5, 5.41) is 15.5. The third-order valence-corrected chi connectivity index (χ3v) is 2.96. The number of halogens is 3. The molecule has 2 heterocycles. The first-order valence-electron chi connectivity index (χ1n) is 5.74. The highest BCUT2D eigenvalue weighted by atomic mass is 19.4. The predicted octanol–water partition coefficient (Wildman–Crippen LogP) is 3.54. The molecule has 0 aliphatic heterocycles. The molecule has 5 nitrogen and oxygen atoms in total. The number of furan rings is 1. The highest BCUT2D eigenvalue weighted by Crippen LogP contribution is 2.34. The fourth-order valence-corrected chi connectivity index (χ4v) is 1.97. The van der Waals surface area contributed by atoms with Gasteiger partial charge in [0.1, 0.15) is 16.8 Å². The van der Waals surface area contributed by atoms with Crippen LogP contribution in [0.1, 0.15) is 15.9 Å². The molecule has 3 rings (SSSR count). The molecule has 108 valence electrons. The maximum atomic E-state index is 12.6. The molecule has 0 aliphatic rings. The minimum atomic E-state index is -4.47. The molecule has 3 aromatic rings. The van der Waals surface area contributed by atoms with Crippen LogP contribution in [0.2, 0.25) is 0 Å². The molecule has 0 amide bonds. The van der Waals surface area contributed by atoms with Gasteiger partial charge in [-0.3, -0.25) is 5.10 Å². The zero-order chi connectivity index (χ0) is 15.2. The Bertz CT molecular complexity index is 833. The molecular weight excluding hydrogens is 289 g/mol. The summed E-state index contributed by atoms with van der Waals surface area (Å²) in [4.78, 5) is 11.0. The Morgan fingerprint density at radius 3 is 2.71 bits per heavy atom. The zero-order valence-corrected chi connectivity index (χ0v) is 10.2. The van der Waals surface area contributed by atoms with Crippen molar-refractivity contribution >= 4 is 16.9 Å². The van der Waals surface area contributed by atoms with E-state index in [0.29, 0.717) is 5.39 Å². The smallest absolute Gasteiger partial charge is 0.416 e. The van der Waals surface area contributed by atoms with Gasteiger partial charge in [-0.05, 0) is 18.2 Å². The molecule has 0 radical (unpaired) electrons. The van der Waals surface area contributed by atoms with Gasteiger partial charge in [-0.2, -0.15) is 18.3 Å². The summed E-state index contributed by atoms with van der Waals surface area (Å²) in [5.41, 5.74) is -0.831. The quantitative estimate of drug-likeness (QED) is 0.758. The maximum absolute atomic E-state index is 12.6. The van der Waals surface area contributed by atoms with Gasteiger partial charge in [-0.1, -0.05) is 6.07 Å². The molecule has 21 heavy (non-hydrogen) atoms. The van der Waals surface area contributed by atoms with Crippen molar-refractivity contribution in [2.75, 3.05) is 0 Å². The average Bonchev–Trinajstić information content (AvgIpc) is 3.02. The summed E-state index contributed by atoms with van der Waals surface area (Å²) >= 11 is 0. The van der Waals surface area contributed by atoms with E-state index in [1.54, 1.807) is 0 Å². The van der Waals surface area contributed by atoms with E-state index in [1.165, 1.54) is 12.1 Å². The molecule has 1 aromatic carbocycles. The van der Waals surface area contributed by atoms with Crippen molar-refractivity contribution in [3.8, 4) is 11.5 Å². The van der Waals surface area contributed by atoms with Gasteiger partial charge in [0, 0.05) is 5.39 Å². The first kappa shape index (κ1) is 13.2. The van der Waals surface area contributed by atoms with Gasteiger partial charge in [-0.15, -0.1) is 0 Å². The van der Waals surface area contributed by atoms with Crippen LogP contribution in [-0.2, 0) is 6.18 Å². The molecule has 8 heteroatoms. The lowest BCUT2D eigenvalue weighted by Gasteiger charge is -2.04. The SMILES string of the molecule is O=C(O)c1cn[nH]c1-c1cc2ccc(C(F)(F)F)cc2o1. The number of aromatic nitrogens is 2. The van der Waals surface area contributed by atoms with Crippen LogP contribution >= 0.6 is 0 Å². The zero-order valence-electron chi connectivity index (χ0n) is 10.2. The van der Waals surface area contributed by atoms with E-state index in [2.05, 4.69) is 10.2 Å². The number of hydrogen-bond acceptors (Lipinski definition) is 3. The van der Waals surface area contributed by atoms with Gasteiger partial charge in [-0.25, -0.2) is 4.79 Å². The first-order chi connectivity index (χ1) is 9.86. The fourth-order valence-electron chi connectivity index (χ4n) is 1.97. The molecule has 0 atom stereocenters. The number of fused-ring (bicyclic) bond motifs is 1. The molecule has 0 saturated carbocycles. The maximum Gasteiger partial charge on any atom is 0.416 e. The Kier molecular flexibility index (Phi) is 2.75. The summed E-state index contributed by atoms with van der Waals surface area (Å²) < 4.78 is 43.2. The van der Waals surface area contributed by atoms with Crippen LogP contribution in [0.3, 0.4) is 0 Å². The van der Waals surface area contributed by atoms with Crippen molar-refractivity contribution < 1.29 is 27.5 Å². The predicted molar refractivity (Wildman–Crippen MR) is 65.8 cm³/mol. The van der Waals surface area contributed by atoms with E-state index < -0.39 is 17.7 Å². The lowest BCUT2D eigenvalue weighted by atomic mass is 10.1. The van der Waals surface area contributed by atoms with Crippen LogP contribution in [0.5, 0.6) is 0 Å². The van der Waals surface area contributed by atoms with Gasteiger partial charge < -0.3 is 9.52 Å². The molecule has 0 saturated heterocycles. The van der Waals surface area contributed by atoms with Crippen molar-refractivity contribution in [2.24, 2.45) is 0 Å². The summed E-state index contributed by atoms with van der Waals surface area (Å²) in [7, 11) is 0. The van der Waals surface area contributed by atoms with Crippen LogP contribution in [0.4, 0.5) is 13.2 Å². The van der Waals surface area contributed by atoms with Crippen LogP contribution in [-0.4, -0.2) is 21.3 Å². The van der Waals surface area contributed by atoms with E-state index >= 15 is 0 Å². The van der Waals surface area contributed by atoms with Crippen molar-refractivity contribution in [1.29, 1.82) is 0 Å². The molecular formula is C13H7F3N2O3. The van der Waals surface area contributed by atoms with E-state index in [4.69, 9.17) is 9.52 Å². The Morgan fingerprint density at radius 1 is 1.29 bits per heavy atom. The van der Waals surface area contributed by atoms with E-state index in [1.807, 2.05) is 0 Å². The van der Waals surface area contributed by atoms with Gasteiger partial charge in [0.25, 0.3) is 0 Å². The second kappa shape index (κ2) is 4.37. The number of nitrogens with zero attached hydrogens (tertiary/aromatic N) is 1. The van der Waals surface area contributed by atoms with Gasteiger partial charge in [0.2, 0.25) is 0 Å². The van der Waals surface area contributed by atoms with Crippen LogP contribution in [0.15, 0.2) is 34.9 Å². The number of benzene rings is 1. The average molecular weight is 296 g/mol. The molecule has 2 aromatic heterocycles. The Labute approximate surface area is 115 Å². The van der Waals surface area contributed by atoms with Crippen LogP contribution in [0, 0.1) is 0 Å². The van der Waals surface area contributed by atoms with Gasteiger partial charge in [0.15, 0.2) is 5.76 Å². The summed E-state index contributed by atoms with van der Waals surface area (Å²) in [5.74, 6) is -1.10. The Balaban J connectivity index is 2.13. The minimum absolute atomic E-state index is 0.0192. The number of carbonyl (C=O) groups is 1. The summed E-state index contributed by atoms with van der Waals surface area (Å²) in [6, 6.07) is 4.53. The van der Waals surface area contributed by atoms with Crippen LogP contribution in [0.25, 0.3) is 22.4 Å². The lowest BCUT2D eigenvalue weighted by Crippen LogP contribution is -2.03. The van der Waals surface area contributed by atoms with E-state index in [0.717, 1.165) is 18.3 Å². The van der Waals surface area contributed by atoms with Crippen molar-refractivity contribution in [1.82, 2.24) is 10.2 Å². The molecule has 0 fully saturated rings. The number of rotatable bonds is 2. The largest absolute Gasteiger partial charge is 0.478 e. The Morgan fingerprint density at radius 2 is 2.05 bits per heavy atom. The third-order valence-electron chi connectivity index (χ3n) is 2.96. The number of carboxylic acids is 1. The van der Waals surface area contributed by atoms with E-state index in [9.17, 15) is 18.0 Å². The number of alkyl halides is 3. The lowest BCUT2D eigenvalue weighted by molar-refractivity contribution is -0.137. The second-order valence-electron chi connectivity index (χ2n) is 4.32. The molecule has 2 N–H and O–H groups in total. The third kappa shape index (κ3) is 2.24. The summed E-state index contributed by atoms with van der Waals surface area (Å²) in [6.07, 6.45) is -3.37. The number of carboxylic acid groups (broad SMARTS) is 1. The highest BCUT2D eigenvalue weighted by Gasteiger charge is 2.31. The van der Waals surface area contributed by atoms with Gasteiger partial charge in [0.05, 0.1) is 11.8 Å². The molecule has 0 bridgehead atoms. The summed E-state index contributed by atoms with van der Waals surface area (Å²) in [6.45, 7) is 0. The normalized spacial score (nSPS) is 12.0. The first-order valence-corrected chi connectivity index (χ1v) is 5.74. The molecule has 0 aliphatic carbocycles. The second-order valence-corrected chi connectivity index (χ2v) is 4.32. The number of aromatic carboxylic acids is 1. The number of hydrogen-bond donors (Lipinski definition) is 2. The number of aromatic amines is 1. The molecule has 0 unspecified atom stereocenters. The minimum Gasteiger partial charge on any atom is -0.478 e. The fraction of sp³-hybridized carbons (Fsp3) is 0.0769. The van der Waals surface area contributed by atoms with E-state index in [-0.39, 0.29) is 22.6 Å². The number of H-pyrrole nitrogens is 1. The van der Waals surface area contributed by atoms with Crippen LogP contribution < -0.4 is 0 Å². The number of nitrogens with one attached hydrogen (secondary N) is 1. The van der Waals surface area contributed by atoms with Crippen molar-refractivity contribution in [3.05, 3.63) is 41.6 Å². The molecule has 0 spiro atoms. The monoisotopic (exact) mass is 296 g/mol. The Hall–Kier alpha value is -2.77. The standard InChI is InChI=1S/C13H7F3N2O3/c14-13(15,16)7-2-1-6-3-10(21-9(6)4-7)11-8(12(19)20)5-17-18-11/h1-5H,(H,17,18)(H,19,20). The van der Waals surface area contributed by atoms with Crippen molar-refractivity contribution in [3.63, 3.8) is 0 Å².